The van der Waals surface area contributed by atoms with Crippen LogP contribution in [0.15, 0.2) is 36.5 Å². The first-order chi connectivity index (χ1) is 7.22. The van der Waals surface area contributed by atoms with Crippen LogP contribution in [-0.4, -0.2) is 0 Å². The van der Waals surface area contributed by atoms with Crippen LogP contribution < -0.4 is 15.5 Å². The predicted molar refractivity (Wildman–Crippen MR) is 69.0 cm³/mol. The van der Waals surface area contributed by atoms with Crippen LogP contribution in [0.1, 0.15) is 6.92 Å². The Hall–Kier alpha value is -1.54. The number of allylic oxidation sites excluding steroid dienone is 1. The molecule has 0 fully saturated rings. The van der Waals surface area contributed by atoms with E-state index in [1.165, 1.54) is 19.8 Å². The molecule has 2 rings (SSSR count). The van der Waals surface area contributed by atoms with Crippen molar-refractivity contribution in [3.05, 3.63) is 46.3 Å². The summed E-state index contributed by atoms with van der Waals surface area (Å²) >= 11 is 1.78. The lowest BCUT2D eigenvalue weighted by molar-refractivity contribution is 1.50. The topological polar surface area (TPSA) is 26.0 Å². The van der Waals surface area contributed by atoms with E-state index in [-0.39, 0.29) is 0 Å². The van der Waals surface area contributed by atoms with Crippen molar-refractivity contribution in [2.45, 2.75) is 6.92 Å². The van der Waals surface area contributed by atoms with Gasteiger partial charge in [-0.3, -0.25) is 0 Å². The Kier molecular flexibility index (Phi) is 2.60. The number of hydrogen-bond acceptors (Lipinski definition) is 2. The van der Waals surface area contributed by atoms with Crippen molar-refractivity contribution in [3.63, 3.8) is 0 Å². The number of rotatable bonds is 1. The Balaban J connectivity index is 2.98. The number of thiophene rings is 1. The van der Waals surface area contributed by atoms with Gasteiger partial charge in [0.2, 0.25) is 0 Å². The molecule has 1 heterocycles. The van der Waals surface area contributed by atoms with Gasteiger partial charge in [-0.2, -0.15) is 0 Å². The Morgan fingerprint density at radius 2 is 2.13 bits per heavy atom. The van der Waals surface area contributed by atoms with Gasteiger partial charge >= 0.3 is 0 Å². The van der Waals surface area contributed by atoms with Gasteiger partial charge in [0.05, 0.1) is 0 Å². The summed E-state index contributed by atoms with van der Waals surface area (Å²) < 4.78 is 2.54. The molecule has 0 atom stereocenters. The SMILES string of the molecule is C=C(N)/C=c1\c(=C/C)sc2ccccc12. The van der Waals surface area contributed by atoms with Crippen LogP contribution >= 0.6 is 11.3 Å². The second-order valence-electron chi connectivity index (χ2n) is 3.38. The van der Waals surface area contributed by atoms with Gasteiger partial charge in [0.15, 0.2) is 0 Å². The quantitative estimate of drug-likeness (QED) is 0.773. The Labute approximate surface area is 92.8 Å². The lowest BCUT2D eigenvalue weighted by atomic mass is 10.2. The summed E-state index contributed by atoms with van der Waals surface area (Å²) in [6, 6.07) is 8.35. The van der Waals surface area contributed by atoms with Crippen molar-refractivity contribution in [1.29, 1.82) is 0 Å². The smallest absolute Gasteiger partial charge is 0.0355 e. The average molecular weight is 215 g/mol. The molecule has 15 heavy (non-hydrogen) atoms. The van der Waals surface area contributed by atoms with Crippen molar-refractivity contribution in [2.24, 2.45) is 5.73 Å². The number of benzene rings is 1. The molecule has 0 aliphatic rings. The van der Waals surface area contributed by atoms with E-state index in [1.54, 1.807) is 11.3 Å². The summed E-state index contributed by atoms with van der Waals surface area (Å²) in [5, 5.41) is 2.44. The summed E-state index contributed by atoms with van der Waals surface area (Å²) in [5.74, 6) is 0. The molecule has 2 aromatic rings. The van der Waals surface area contributed by atoms with Gasteiger partial charge < -0.3 is 5.73 Å². The summed E-state index contributed by atoms with van der Waals surface area (Å²) in [5.41, 5.74) is 6.24. The molecule has 0 saturated carbocycles. The molecular weight excluding hydrogens is 202 g/mol. The third kappa shape index (κ3) is 1.81. The highest BCUT2D eigenvalue weighted by Gasteiger charge is 1.98. The lowest BCUT2D eigenvalue weighted by Gasteiger charge is -1.88. The van der Waals surface area contributed by atoms with Crippen molar-refractivity contribution >= 4 is 33.6 Å². The molecule has 0 amide bonds. The second kappa shape index (κ2) is 3.91. The van der Waals surface area contributed by atoms with Crippen LogP contribution in [0.5, 0.6) is 0 Å². The lowest BCUT2D eigenvalue weighted by Crippen LogP contribution is -2.19. The molecule has 76 valence electrons. The number of hydrogen-bond donors (Lipinski definition) is 1. The molecule has 2 heteroatoms. The fourth-order valence-corrected chi connectivity index (χ4v) is 2.70. The van der Waals surface area contributed by atoms with Gasteiger partial charge in [-0.15, -0.1) is 11.3 Å². The van der Waals surface area contributed by atoms with Crippen molar-refractivity contribution < 1.29 is 0 Å². The minimum absolute atomic E-state index is 0.599. The van der Waals surface area contributed by atoms with Crippen LogP contribution in [-0.2, 0) is 0 Å². The predicted octanol–water partition coefficient (Wildman–Crippen LogP) is 1.95. The highest BCUT2D eigenvalue weighted by Crippen LogP contribution is 2.12. The highest BCUT2D eigenvalue weighted by atomic mass is 32.1. The summed E-state index contributed by atoms with van der Waals surface area (Å²) in [6.07, 6.45) is 4.05. The first-order valence-electron chi connectivity index (χ1n) is 4.82. The molecule has 0 unspecified atom stereocenters. The van der Waals surface area contributed by atoms with Gasteiger partial charge in [-0.05, 0) is 19.1 Å². The van der Waals surface area contributed by atoms with Gasteiger partial charge in [0, 0.05) is 25.5 Å². The molecule has 0 radical (unpaired) electrons. The van der Waals surface area contributed by atoms with E-state index in [0.717, 1.165) is 0 Å². The molecular formula is C13H13NS. The highest BCUT2D eigenvalue weighted by molar-refractivity contribution is 7.17. The number of nitrogens with two attached hydrogens (primary N) is 1. The Morgan fingerprint density at radius 3 is 2.80 bits per heavy atom. The fraction of sp³-hybridized carbons (Fsp3) is 0.0769. The van der Waals surface area contributed by atoms with Crippen LogP contribution in [0, 0.1) is 0 Å². The van der Waals surface area contributed by atoms with Gasteiger partial charge in [0.1, 0.15) is 0 Å². The zero-order valence-electron chi connectivity index (χ0n) is 8.66. The summed E-state index contributed by atoms with van der Waals surface area (Å²) in [4.78, 5) is 0. The van der Waals surface area contributed by atoms with Gasteiger partial charge in [-0.25, -0.2) is 0 Å². The minimum atomic E-state index is 0.599. The number of fused-ring (bicyclic) bond motifs is 1. The summed E-state index contributed by atoms with van der Waals surface area (Å²) in [6.45, 7) is 5.77. The van der Waals surface area contributed by atoms with Crippen LogP contribution in [0.4, 0.5) is 0 Å². The standard InChI is InChI=1S/C13H13NS/c1-3-12-11(8-9(2)14)10-6-4-5-7-13(10)15-12/h3-8H,2,14H2,1H3/b11-8-,12-3+. The molecule has 0 bridgehead atoms. The molecule has 1 aromatic carbocycles. The van der Waals surface area contributed by atoms with E-state index in [1.807, 2.05) is 19.1 Å². The zero-order chi connectivity index (χ0) is 10.8. The minimum Gasteiger partial charge on any atom is -0.399 e. The average Bonchev–Trinajstić information content (AvgIpc) is 2.56. The monoisotopic (exact) mass is 215 g/mol. The normalized spacial score (nSPS) is 13.7. The third-order valence-corrected chi connectivity index (χ3v) is 3.51. The summed E-state index contributed by atoms with van der Waals surface area (Å²) in [7, 11) is 0. The zero-order valence-corrected chi connectivity index (χ0v) is 9.47. The Morgan fingerprint density at radius 1 is 1.40 bits per heavy atom. The molecule has 2 N–H and O–H groups in total. The maximum atomic E-state index is 5.64. The van der Waals surface area contributed by atoms with Gasteiger partial charge in [-0.1, -0.05) is 30.9 Å². The third-order valence-electron chi connectivity index (χ3n) is 2.25. The molecule has 1 aromatic heterocycles. The van der Waals surface area contributed by atoms with Crippen molar-refractivity contribution in [1.82, 2.24) is 0 Å². The van der Waals surface area contributed by atoms with E-state index < -0.39 is 0 Å². The molecule has 0 aliphatic heterocycles. The fourth-order valence-electron chi connectivity index (χ4n) is 1.63. The van der Waals surface area contributed by atoms with E-state index in [9.17, 15) is 0 Å². The van der Waals surface area contributed by atoms with Crippen LogP contribution in [0.3, 0.4) is 0 Å². The van der Waals surface area contributed by atoms with E-state index in [4.69, 9.17) is 5.73 Å². The van der Waals surface area contributed by atoms with Crippen LogP contribution in [0.2, 0.25) is 0 Å². The van der Waals surface area contributed by atoms with E-state index in [2.05, 4.69) is 30.9 Å². The van der Waals surface area contributed by atoms with Crippen LogP contribution in [0.25, 0.3) is 22.2 Å². The van der Waals surface area contributed by atoms with Crippen molar-refractivity contribution in [3.8, 4) is 0 Å². The Bertz CT molecular complexity index is 620. The van der Waals surface area contributed by atoms with E-state index in [0.29, 0.717) is 5.70 Å². The first kappa shape index (κ1) is 9.99. The molecule has 0 spiro atoms. The van der Waals surface area contributed by atoms with Gasteiger partial charge in [0.25, 0.3) is 0 Å². The maximum Gasteiger partial charge on any atom is 0.0355 e. The largest absolute Gasteiger partial charge is 0.399 e. The molecule has 1 nitrogen and oxygen atoms in total. The molecule has 0 saturated heterocycles. The van der Waals surface area contributed by atoms with E-state index >= 15 is 0 Å². The first-order valence-corrected chi connectivity index (χ1v) is 5.64. The maximum absolute atomic E-state index is 5.64. The molecule has 0 aliphatic carbocycles. The van der Waals surface area contributed by atoms with Crippen molar-refractivity contribution in [2.75, 3.05) is 0 Å². The second-order valence-corrected chi connectivity index (χ2v) is 4.47.